The van der Waals surface area contributed by atoms with Gasteiger partial charge in [0.25, 0.3) is 0 Å². The number of nitrogens with one attached hydrogen (secondary N) is 2. The molecule has 2 rings (SSSR count). The first-order valence-corrected chi connectivity index (χ1v) is 11.0. The minimum Gasteiger partial charge on any atom is -0.357 e. The quantitative estimate of drug-likeness (QED) is 0.553. The second-order valence-electron chi connectivity index (χ2n) is 6.56. The largest absolute Gasteiger partial charge is 0.357 e. The Morgan fingerprint density at radius 1 is 1.43 bits per heavy atom. The van der Waals surface area contributed by atoms with E-state index in [1.165, 1.54) is 11.1 Å². The molecular weight excluding hydrogens is 330 g/mol. The Balaban J connectivity index is 1.90. The van der Waals surface area contributed by atoms with Crippen LogP contribution in [0.15, 0.2) is 22.5 Å². The van der Waals surface area contributed by atoms with Crippen LogP contribution in [0.5, 0.6) is 0 Å². The van der Waals surface area contributed by atoms with E-state index in [9.17, 15) is 8.42 Å². The normalized spacial score (nSPS) is 18.5. The number of guanidine groups is 1. The molecule has 130 valence electrons. The first-order valence-electron chi connectivity index (χ1n) is 8.07. The maximum Gasteiger partial charge on any atom is 0.191 e. The fourth-order valence-corrected chi connectivity index (χ4v) is 4.87. The Hall–Kier alpha value is -1.08. The lowest BCUT2D eigenvalue weighted by Gasteiger charge is -2.17. The van der Waals surface area contributed by atoms with E-state index in [2.05, 4.69) is 40.1 Å². The zero-order valence-electron chi connectivity index (χ0n) is 14.1. The molecule has 0 aromatic carbocycles. The van der Waals surface area contributed by atoms with Gasteiger partial charge in [-0.25, -0.2) is 8.42 Å². The van der Waals surface area contributed by atoms with E-state index in [0.717, 1.165) is 31.9 Å². The topological polar surface area (TPSA) is 70.6 Å². The van der Waals surface area contributed by atoms with Crippen LogP contribution in [-0.2, 0) is 9.84 Å². The van der Waals surface area contributed by atoms with Crippen LogP contribution < -0.4 is 10.6 Å². The second kappa shape index (κ2) is 7.66. The number of rotatable bonds is 8. The Labute approximate surface area is 143 Å². The molecule has 23 heavy (non-hydrogen) atoms. The first-order chi connectivity index (χ1) is 10.8. The van der Waals surface area contributed by atoms with Gasteiger partial charge in [0.1, 0.15) is 9.84 Å². The van der Waals surface area contributed by atoms with Gasteiger partial charge in [-0.15, -0.1) is 11.3 Å². The zero-order chi connectivity index (χ0) is 16.9. The molecule has 0 bridgehead atoms. The van der Waals surface area contributed by atoms with Crippen molar-refractivity contribution in [2.24, 2.45) is 10.4 Å². The van der Waals surface area contributed by atoms with Gasteiger partial charge in [0.15, 0.2) is 5.96 Å². The summed E-state index contributed by atoms with van der Waals surface area (Å²) < 4.78 is 23.1. The summed E-state index contributed by atoms with van der Waals surface area (Å²) in [6.07, 6.45) is 3.21. The minimum absolute atomic E-state index is 0.130. The van der Waals surface area contributed by atoms with Crippen LogP contribution in [-0.4, -0.2) is 46.0 Å². The lowest BCUT2D eigenvalue weighted by atomic mass is 10.1. The standard InChI is InChI=1S/C16H27N3O2S2/c1-4-17-15(18-10-13(2)14-6-5-9-22-14)19-11-16(7-8-16)12-23(3,20)21/h5-6,9,13H,4,7-8,10-12H2,1-3H3,(H2,17,18,19). The summed E-state index contributed by atoms with van der Waals surface area (Å²) in [5, 5.41) is 8.70. The van der Waals surface area contributed by atoms with E-state index in [4.69, 9.17) is 0 Å². The predicted molar refractivity (Wildman–Crippen MR) is 98.1 cm³/mol. The maximum absolute atomic E-state index is 11.5. The maximum atomic E-state index is 11.5. The second-order valence-corrected chi connectivity index (χ2v) is 9.68. The molecule has 0 spiro atoms. The molecule has 7 heteroatoms. The van der Waals surface area contributed by atoms with Gasteiger partial charge < -0.3 is 10.6 Å². The molecule has 1 aliphatic rings. The van der Waals surface area contributed by atoms with Crippen molar-refractivity contribution in [1.29, 1.82) is 0 Å². The highest BCUT2D eigenvalue weighted by molar-refractivity contribution is 7.90. The summed E-state index contributed by atoms with van der Waals surface area (Å²) >= 11 is 1.76. The smallest absolute Gasteiger partial charge is 0.191 e. The average molecular weight is 358 g/mol. The fraction of sp³-hybridized carbons (Fsp3) is 0.688. The Kier molecular flexibility index (Phi) is 6.08. The lowest BCUT2D eigenvalue weighted by Crippen LogP contribution is -2.39. The highest BCUT2D eigenvalue weighted by atomic mass is 32.2. The van der Waals surface area contributed by atoms with Crippen molar-refractivity contribution in [3.63, 3.8) is 0 Å². The highest BCUT2D eigenvalue weighted by Gasteiger charge is 2.45. The van der Waals surface area contributed by atoms with E-state index < -0.39 is 9.84 Å². The van der Waals surface area contributed by atoms with Crippen LogP contribution in [0.2, 0.25) is 0 Å². The summed E-state index contributed by atoms with van der Waals surface area (Å²) in [5.41, 5.74) is -0.130. The minimum atomic E-state index is -2.94. The summed E-state index contributed by atoms with van der Waals surface area (Å²) in [6.45, 7) is 6.39. The molecule has 1 aromatic rings. The number of aliphatic imine (C=N–C) groups is 1. The van der Waals surface area contributed by atoms with Crippen molar-refractivity contribution in [3.8, 4) is 0 Å². The molecule has 1 saturated carbocycles. The van der Waals surface area contributed by atoms with Gasteiger partial charge in [-0.1, -0.05) is 13.0 Å². The Bertz CT molecular complexity index is 620. The van der Waals surface area contributed by atoms with Gasteiger partial charge in [0.2, 0.25) is 0 Å². The average Bonchev–Trinajstić information content (AvgIpc) is 3.01. The molecular formula is C16H27N3O2S2. The van der Waals surface area contributed by atoms with Gasteiger partial charge in [-0.2, -0.15) is 0 Å². The molecule has 0 radical (unpaired) electrons. The number of sulfone groups is 1. The molecule has 1 unspecified atom stereocenters. The van der Waals surface area contributed by atoms with E-state index in [1.54, 1.807) is 11.3 Å². The Morgan fingerprint density at radius 2 is 2.17 bits per heavy atom. The predicted octanol–water partition coefficient (Wildman–Crippen LogP) is 2.23. The van der Waals surface area contributed by atoms with E-state index in [-0.39, 0.29) is 11.2 Å². The van der Waals surface area contributed by atoms with Crippen LogP contribution in [0.3, 0.4) is 0 Å². The summed E-state index contributed by atoms with van der Waals surface area (Å²) in [7, 11) is -2.94. The van der Waals surface area contributed by atoms with Gasteiger partial charge in [-0.05, 0) is 31.2 Å². The van der Waals surface area contributed by atoms with Crippen LogP contribution in [0.4, 0.5) is 0 Å². The molecule has 0 aliphatic heterocycles. The summed E-state index contributed by atoms with van der Waals surface area (Å²) in [5.74, 6) is 1.44. The van der Waals surface area contributed by atoms with Crippen LogP contribution in [0.1, 0.15) is 37.5 Å². The van der Waals surface area contributed by atoms with Crippen molar-refractivity contribution in [2.45, 2.75) is 32.6 Å². The molecule has 5 nitrogen and oxygen atoms in total. The van der Waals surface area contributed by atoms with Gasteiger partial charge in [0.05, 0.1) is 5.75 Å². The molecule has 0 amide bonds. The van der Waals surface area contributed by atoms with E-state index in [0.29, 0.717) is 12.5 Å². The summed E-state index contributed by atoms with van der Waals surface area (Å²) in [4.78, 5) is 5.97. The molecule has 1 aliphatic carbocycles. The third kappa shape index (κ3) is 6.14. The lowest BCUT2D eigenvalue weighted by molar-refractivity contribution is 0.549. The Morgan fingerprint density at radius 3 is 2.70 bits per heavy atom. The molecule has 1 fully saturated rings. The number of hydrogen-bond donors (Lipinski definition) is 2. The third-order valence-corrected chi connectivity index (χ3v) is 6.29. The zero-order valence-corrected chi connectivity index (χ0v) is 15.8. The van der Waals surface area contributed by atoms with Crippen molar-refractivity contribution in [2.75, 3.05) is 31.6 Å². The van der Waals surface area contributed by atoms with Crippen LogP contribution in [0.25, 0.3) is 0 Å². The number of hydrogen-bond acceptors (Lipinski definition) is 4. The molecule has 2 N–H and O–H groups in total. The molecule has 0 saturated heterocycles. The van der Waals surface area contributed by atoms with Gasteiger partial charge in [-0.3, -0.25) is 4.99 Å². The summed E-state index contributed by atoms with van der Waals surface area (Å²) in [6, 6.07) is 4.21. The monoisotopic (exact) mass is 357 g/mol. The molecule has 1 heterocycles. The van der Waals surface area contributed by atoms with Crippen molar-refractivity contribution in [3.05, 3.63) is 22.4 Å². The van der Waals surface area contributed by atoms with Gasteiger partial charge in [0, 0.05) is 42.1 Å². The van der Waals surface area contributed by atoms with Crippen molar-refractivity contribution < 1.29 is 8.42 Å². The van der Waals surface area contributed by atoms with Crippen molar-refractivity contribution in [1.82, 2.24) is 10.6 Å². The first kappa shape index (κ1) is 18.3. The fourth-order valence-electron chi connectivity index (χ4n) is 2.59. The van der Waals surface area contributed by atoms with Crippen LogP contribution >= 0.6 is 11.3 Å². The third-order valence-electron chi connectivity index (χ3n) is 4.05. The van der Waals surface area contributed by atoms with Gasteiger partial charge >= 0.3 is 0 Å². The SMILES string of the molecule is CCNC(=NCC1(CS(C)(=O)=O)CC1)NCC(C)c1cccs1. The molecule has 1 atom stereocenters. The van der Waals surface area contributed by atoms with Crippen LogP contribution in [0, 0.1) is 5.41 Å². The van der Waals surface area contributed by atoms with E-state index in [1.807, 2.05) is 6.92 Å². The number of nitrogens with zero attached hydrogens (tertiary/aromatic N) is 1. The number of thiophene rings is 1. The van der Waals surface area contributed by atoms with E-state index >= 15 is 0 Å². The highest BCUT2D eigenvalue weighted by Crippen LogP contribution is 2.46. The van der Waals surface area contributed by atoms with Crippen molar-refractivity contribution >= 4 is 27.1 Å². The molecule has 1 aromatic heterocycles.